The Hall–Kier alpha value is 2.45. The van der Waals surface area contributed by atoms with Crippen LogP contribution in [0.3, 0.4) is 0 Å². The molecule has 4 nitrogen and oxygen atoms in total. The Morgan fingerprint density at radius 1 is 0.714 bits per heavy atom. The fraction of sp³-hybridized carbons (Fsp3) is 0.667. The number of thiocarbonyl (C=S) groups is 3. The quantitative estimate of drug-likeness (QED) is 0.278. The van der Waals surface area contributed by atoms with E-state index < -0.39 is 0 Å². The van der Waals surface area contributed by atoms with E-state index in [-0.39, 0.29) is 87.1 Å². The molecule has 0 rings (SSSR count). The summed E-state index contributed by atoms with van der Waals surface area (Å²) in [6.07, 6.45) is 0. The first-order valence-electron chi connectivity index (χ1n) is 4.82. The fourth-order valence-corrected chi connectivity index (χ4v) is 1.06. The Labute approximate surface area is 213 Å². The van der Waals surface area contributed by atoms with Crippen LogP contribution in [0.15, 0.2) is 0 Å². The van der Waals surface area contributed by atoms with Crippen LogP contribution in [0.5, 0.6) is 0 Å². The number of hydrogen-bond donors (Lipinski definition) is 0. The van der Waals surface area contributed by atoms with Crippen LogP contribution in [0.25, 0.3) is 0 Å². The smallest absolute Gasteiger partial charge is 0.514 e. The van der Waals surface area contributed by atoms with Crippen molar-refractivity contribution in [3.63, 3.8) is 0 Å². The van der Waals surface area contributed by atoms with Gasteiger partial charge in [0.25, 0.3) is 0 Å². The zero-order valence-corrected chi connectivity index (χ0v) is 21.1. The maximum Gasteiger partial charge on any atom is 2.00 e. The topological polar surface area (TPSA) is 59.2 Å². The molecule has 0 aliphatic heterocycles. The molecule has 0 aromatic heterocycles. The molecule has 2 N–H and O–H groups in total. The monoisotopic (exact) mass is 483 g/mol. The van der Waals surface area contributed by atoms with Crippen molar-refractivity contribution in [2.24, 2.45) is 0 Å². The molecule has 0 heterocycles. The molecule has 0 atom stereocenters. The Morgan fingerprint density at radius 2 is 0.857 bits per heavy atom. The normalized spacial score (nSPS) is 6.43. The van der Waals surface area contributed by atoms with E-state index in [4.69, 9.17) is 0 Å². The summed E-state index contributed by atoms with van der Waals surface area (Å²) >= 11 is 26.3. The Kier molecular flexibility index (Phi) is 62.7. The summed E-state index contributed by atoms with van der Waals surface area (Å²) in [5.41, 5.74) is 0. The molecule has 0 spiro atoms. The van der Waals surface area contributed by atoms with Gasteiger partial charge < -0.3 is 94.2 Å². The third-order valence-corrected chi connectivity index (χ3v) is 1.49. The maximum absolute atomic E-state index is 4.59. The second-order valence-electron chi connectivity index (χ2n) is 2.05. The standard InChI is InChI=1S/3C3H6OS2.Cu.K.H2O/c3*1-2-4-3(5)6;;;/h3*2H2,1H3,(H,5,6);;;1H2/q;;;+2;+1;/p-3. The molecule has 1 radical (unpaired) electrons. The van der Waals surface area contributed by atoms with Crippen LogP contribution >= 0.6 is 36.7 Å². The van der Waals surface area contributed by atoms with Crippen LogP contribution in [0, 0.1) is 0 Å². The van der Waals surface area contributed by atoms with Crippen LogP contribution < -0.4 is 51.4 Å². The van der Waals surface area contributed by atoms with Crippen molar-refractivity contribution >= 4 is 87.7 Å². The van der Waals surface area contributed by atoms with E-state index in [0.717, 1.165) is 0 Å². The molecule has 0 aliphatic carbocycles. The first kappa shape index (κ1) is 38.8. The number of rotatable bonds is 3. The van der Waals surface area contributed by atoms with Gasteiger partial charge in [-0.15, -0.1) is 0 Å². The van der Waals surface area contributed by atoms with Gasteiger partial charge in [0.15, 0.2) is 0 Å². The van der Waals surface area contributed by atoms with Gasteiger partial charge >= 0.3 is 68.5 Å². The van der Waals surface area contributed by atoms with Crippen LogP contribution in [0.1, 0.15) is 20.8 Å². The second kappa shape index (κ2) is 33.9. The van der Waals surface area contributed by atoms with Gasteiger partial charge in [-0.25, -0.2) is 0 Å². The van der Waals surface area contributed by atoms with Crippen LogP contribution in [-0.2, 0) is 69.2 Å². The molecule has 0 saturated carbocycles. The molecule has 0 fully saturated rings. The van der Waals surface area contributed by atoms with E-state index in [1.54, 1.807) is 0 Å². The predicted molar refractivity (Wildman–Crippen MR) is 98.4 cm³/mol. The van der Waals surface area contributed by atoms with Crippen LogP contribution in [-0.4, -0.2) is 38.4 Å². The van der Waals surface area contributed by atoms with Gasteiger partial charge in [-0.3, -0.25) is 0 Å². The van der Waals surface area contributed by atoms with Crippen LogP contribution in [0.2, 0.25) is 0 Å². The summed E-state index contributed by atoms with van der Waals surface area (Å²) in [4.78, 5) is 0. The molecule has 12 heteroatoms. The van der Waals surface area contributed by atoms with Crippen molar-refractivity contribution in [2.75, 3.05) is 19.8 Å². The molecular formula is C9H17CuKO4S6. The molecule has 0 saturated heterocycles. The summed E-state index contributed by atoms with van der Waals surface area (Å²) in [5, 5.41) is 0. The van der Waals surface area contributed by atoms with Gasteiger partial charge in [0, 0.05) is 13.1 Å². The molecule has 0 bridgehead atoms. The van der Waals surface area contributed by atoms with Gasteiger partial charge in [-0.1, -0.05) is 0 Å². The molecule has 21 heavy (non-hydrogen) atoms. The van der Waals surface area contributed by atoms with E-state index in [9.17, 15) is 0 Å². The Morgan fingerprint density at radius 3 is 0.857 bits per heavy atom. The van der Waals surface area contributed by atoms with Crippen molar-refractivity contribution < 1.29 is 88.1 Å². The minimum absolute atomic E-state index is 0. The average molecular weight is 484 g/mol. The van der Waals surface area contributed by atoms with Crippen LogP contribution in [0.4, 0.5) is 0 Å². The summed E-state index contributed by atoms with van der Waals surface area (Å²) in [6.45, 7) is 7.29. The number of ether oxygens (including phenoxy) is 3. The fourth-order valence-electron chi connectivity index (χ4n) is 0.354. The van der Waals surface area contributed by atoms with E-state index in [1.807, 2.05) is 20.8 Å². The van der Waals surface area contributed by atoms with Gasteiger partial charge in [-0.05, 0) is 20.8 Å². The molecule has 0 aliphatic rings. The average Bonchev–Trinajstić information content (AvgIpc) is 2.18. The molecule has 0 amide bonds. The van der Waals surface area contributed by atoms with Gasteiger partial charge in [0.1, 0.15) is 0 Å². The van der Waals surface area contributed by atoms with Crippen molar-refractivity contribution in [1.29, 1.82) is 0 Å². The van der Waals surface area contributed by atoms with Gasteiger partial charge in [0.2, 0.25) is 0 Å². The van der Waals surface area contributed by atoms with Crippen molar-refractivity contribution in [1.82, 2.24) is 0 Å². The van der Waals surface area contributed by atoms with Crippen molar-refractivity contribution in [3.05, 3.63) is 0 Å². The van der Waals surface area contributed by atoms with Crippen molar-refractivity contribution in [3.8, 4) is 0 Å². The molecular weight excluding hydrogens is 467 g/mol. The first-order chi connectivity index (χ1) is 8.31. The van der Waals surface area contributed by atoms with E-state index in [0.29, 0.717) is 19.8 Å². The summed E-state index contributed by atoms with van der Waals surface area (Å²) in [7, 11) is 0. The first-order valence-corrected chi connectivity index (χ1v) is 7.27. The number of hydrogen-bond acceptors (Lipinski definition) is 9. The van der Waals surface area contributed by atoms with Gasteiger partial charge in [0.05, 0.1) is 19.8 Å². The van der Waals surface area contributed by atoms with Gasteiger partial charge in [-0.2, -0.15) is 0 Å². The maximum atomic E-state index is 4.59. The SMILES string of the molecule is CCOC(=S)[S-].CCOC(=S)[S-].CCOC(=S)[S-].O.[Cu+2].[K+]. The zero-order chi connectivity index (χ0) is 15.0. The summed E-state index contributed by atoms with van der Waals surface area (Å²) in [6, 6.07) is 0. The summed E-state index contributed by atoms with van der Waals surface area (Å²) in [5.74, 6) is 0. The molecule has 125 valence electrons. The third-order valence-electron chi connectivity index (χ3n) is 0.787. The molecule has 0 aromatic carbocycles. The second-order valence-corrected chi connectivity index (χ2v) is 5.05. The van der Waals surface area contributed by atoms with E-state index in [2.05, 4.69) is 88.8 Å². The van der Waals surface area contributed by atoms with E-state index >= 15 is 0 Å². The Balaban J connectivity index is -0.0000000375. The largest absolute Gasteiger partial charge is 2.00 e. The summed E-state index contributed by atoms with van der Waals surface area (Å²) < 4.78 is 14.4. The minimum atomic E-state index is 0. The van der Waals surface area contributed by atoms with Crippen molar-refractivity contribution in [2.45, 2.75) is 20.8 Å². The predicted octanol–water partition coefficient (Wildman–Crippen LogP) is -1.26. The molecule has 0 unspecified atom stereocenters. The molecule has 0 aromatic rings. The zero-order valence-electron chi connectivity index (χ0n) is 12.1. The third kappa shape index (κ3) is 71.6. The Bertz CT molecular complexity index is 210. The van der Waals surface area contributed by atoms with E-state index in [1.165, 1.54) is 0 Å². The minimum Gasteiger partial charge on any atom is -0.514 e.